The topological polar surface area (TPSA) is 55.9 Å². The summed E-state index contributed by atoms with van der Waals surface area (Å²) in [6.07, 6.45) is 0.576. The van der Waals surface area contributed by atoms with Crippen LogP contribution in [0.25, 0.3) is 0 Å². The summed E-state index contributed by atoms with van der Waals surface area (Å²) in [7, 11) is 0. The number of amides is 2. The van der Waals surface area contributed by atoms with Gasteiger partial charge in [-0.1, -0.05) is 18.2 Å². The molecule has 2 amide bonds. The number of hydrogen-bond acceptors (Lipinski definition) is 4. The number of rotatable bonds is 4. The van der Waals surface area contributed by atoms with Crippen LogP contribution in [0.15, 0.2) is 30.3 Å². The Morgan fingerprint density at radius 3 is 2.21 bits per heavy atom. The molecule has 130 valence electrons. The molecule has 0 radical (unpaired) electrons. The van der Waals surface area contributed by atoms with Crippen molar-refractivity contribution in [2.75, 3.05) is 58.9 Å². The lowest BCUT2D eigenvalue weighted by Crippen LogP contribution is -2.50. The molecule has 0 atom stereocenters. The van der Waals surface area contributed by atoms with E-state index in [0.29, 0.717) is 6.42 Å². The minimum absolute atomic E-state index is 0.104. The Hall–Kier alpha value is -1.92. The quantitative estimate of drug-likeness (QED) is 0.861. The Morgan fingerprint density at radius 2 is 1.54 bits per heavy atom. The number of benzene rings is 1. The van der Waals surface area contributed by atoms with Crippen molar-refractivity contribution in [3.63, 3.8) is 0 Å². The van der Waals surface area contributed by atoms with Crippen LogP contribution in [-0.2, 0) is 4.79 Å². The van der Waals surface area contributed by atoms with Gasteiger partial charge in [0.15, 0.2) is 0 Å². The monoisotopic (exact) mass is 330 g/mol. The Morgan fingerprint density at radius 1 is 0.875 bits per heavy atom. The normalized spacial score (nSPS) is 19.3. The van der Waals surface area contributed by atoms with E-state index in [1.54, 1.807) is 0 Å². The van der Waals surface area contributed by atoms with Crippen LogP contribution in [0.1, 0.15) is 16.8 Å². The van der Waals surface area contributed by atoms with Crippen LogP contribution in [0.3, 0.4) is 0 Å². The average Bonchev–Trinajstić information content (AvgIpc) is 2.67. The van der Waals surface area contributed by atoms with E-state index in [1.807, 2.05) is 40.1 Å². The van der Waals surface area contributed by atoms with Gasteiger partial charge in [-0.25, -0.2) is 0 Å². The van der Waals surface area contributed by atoms with Crippen LogP contribution < -0.4 is 5.32 Å². The fourth-order valence-corrected chi connectivity index (χ4v) is 3.26. The second kappa shape index (κ2) is 8.26. The summed E-state index contributed by atoms with van der Waals surface area (Å²) in [6.45, 7) is 7.36. The van der Waals surface area contributed by atoms with Gasteiger partial charge in [0.2, 0.25) is 5.91 Å². The van der Waals surface area contributed by atoms with Crippen molar-refractivity contribution in [3.05, 3.63) is 35.9 Å². The molecule has 1 aromatic carbocycles. The van der Waals surface area contributed by atoms with Gasteiger partial charge in [0.25, 0.3) is 5.91 Å². The Kier molecular flexibility index (Phi) is 5.82. The number of hydrogen-bond donors (Lipinski definition) is 1. The van der Waals surface area contributed by atoms with Gasteiger partial charge in [-0.15, -0.1) is 0 Å². The molecule has 1 N–H and O–H groups in total. The SMILES string of the molecule is O=C(CCN1CCN(C(=O)c2ccccc2)CC1)N1CCNCC1. The summed E-state index contributed by atoms with van der Waals surface area (Å²) in [4.78, 5) is 30.8. The van der Waals surface area contributed by atoms with Gasteiger partial charge >= 0.3 is 0 Å². The summed E-state index contributed by atoms with van der Waals surface area (Å²) in [6, 6.07) is 9.43. The number of nitrogens with one attached hydrogen (secondary N) is 1. The highest BCUT2D eigenvalue weighted by Gasteiger charge is 2.23. The van der Waals surface area contributed by atoms with Gasteiger partial charge in [-0.2, -0.15) is 0 Å². The molecule has 0 aromatic heterocycles. The molecular weight excluding hydrogens is 304 g/mol. The predicted molar refractivity (Wildman–Crippen MR) is 92.9 cm³/mol. The molecule has 2 heterocycles. The Bertz CT molecular complexity index is 549. The van der Waals surface area contributed by atoms with Crippen molar-refractivity contribution in [1.29, 1.82) is 0 Å². The fraction of sp³-hybridized carbons (Fsp3) is 0.556. The molecule has 2 aliphatic heterocycles. The highest BCUT2D eigenvalue weighted by Crippen LogP contribution is 2.09. The summed E-state index contributed by atoms with van der Waals surface area (Å²) in [5.41, 5.74) is 0.750. The number of piperazine rings is 2. The zero-order valence-corrected chi connectivity index (χ0v) is 14.1. The second-order valence-electron chi connectivity index (χ2n) is 6.38. The molecule has 0 spiro atoms. The molecule has 3 rings (SSSR count). The highest BCUT2D eigenvalue weighted by atomic mass is 16.2. The van der Waals surface area contributed by atoms with E-state index < -0.39 is 0 Å². The van der Waals surface area contributed by atoms with Gasteiger partial charge in [0, 0.05) is 70.9 Å². The van der Waals surface area contributed by atoms with Crippen LogP contribution in [0.4, 0.5) is 0 Å². The molecule has 2 saturated heterocycles. The third-order valence-electron chi connectivity index (χ3n) is 4.79. The van der Waals surface area contributed by atoms with Crippen molar-refractivity contribution >= 4 is 11.8 Å². The molecule has 6 nitrogen and oxygen atoms in total. The van der Waals surface area contributed by atoms with Crippen LogP contribution in [0.5, 0.6) is 0 Å². The average molecular weight is 330 g/mol. The maximum absolute atomic E-state index is 12.4. The number of nitrogens with zero attached hydrogens (tertiary/aromatic N) is 3. The zero-order chi connectivity index (χ0) is 16.8. The summed E-state index contributed by atoms with van der Waals surface area (Å²) < 4.78 is 0. The maximum atomic E-state index is 12.4. The highest BCUT2D eigenvalue weighted by molar-refractivity contribution is 5.94. The lowest BCUT2D eigenvalue weighted by atomic mass is 10.2. The minimum Gasteiger partial charge on any atom is -0.340 e. The third kappa shape index (κ3) is 4.33. The molecule has 2 aliphatic rings. The Labute approximate surface area is 143 Å². The van der Waals surface area contributed by atoms with Crippen LogP contribution in [-0.4, -0.2) is 85.4 Å². The maximum Gasteiger partial charge on any atom is 0.253 e. The van der Waals surface area contributed by atoms with E-state index in [2.05, 4.69) is 10.2 Å². The van der Waals surface area contributed by atoms with Crippen LogP contribution >= 0.6 is 0 Å². The minimum atomic E-state index is 0.104. The molecule has 0 aliphatic carbocycles. The van der Waals surface area contributed by atoms with Crippen molar-refractivity contribution in [2.24, 2.45) is 0 Å². The smallest absolute Gasteiger partial charge is 0.253 e. The van der Waals surface area contributed by atoms with E-state index in [0.717, 1.165) is 64.5 Å². The van der Waals surface area contributed by atoms with E-state index in [-0.39, 0.29) is 11.8 Å². The largest absolute Gasteiger partial charge is 0.340 e. The molecular formula is C18H26N4O2. The number of carbonyl (C=O) groups excluding carboxylic acids is 2. The first-order valence-electron chi connectivity index (χ1n) is 8.79. The molecule has 1 aromatic rings. The lowest BCUT2D eigenvalue weighted by Gasteiger charge is -2.35. The Balaban J connectivity index is 1.40. The van der Waals surface area contributed by atoms with Crippen LogP contribution in [0.2, 0.25) is 0 Å². The lowest BCUT2D eigenvalue weighted by molar-refractivity contribution is -0.132. The van der Waals surface area contributed by atoms with E-state index >= 15 is 0 Å². The van der Waals surface area contributed by atoms with E-state index in [9.17, 15) is 9.59 Å². The van der Waals surface area contributed by atoms with Gasteiger partial charge < -0.3 is 15.1 Å². The van der Waals surface area contributed by atoms with Crippen molar-refractivity contribution < 1.29 is 9.59 Å². The predicted octanol–water partition coefficient (Wildman–Crippen LogP) is 0.266. The number of carbonyl (C=O) groups is 2. The van der Waals surface area contributed by atoms with Gasteiger partial charge in [0.05, 0.1) is 0 Å². The van der Waals surface area contributed by atoms with Crippen molar-refractivity contribution in [3.8, 4) is 0 Å². The first kappa shape index (κ1) is 16.9. The van der Waals surface area contributed by atoms with Crippen molar-refractivity contribution in [2.45, 2.75) is 6.42 Å². The first-order valence-corrected chi connectivity index (χ1v) is 8.79. The second-order valence-corrected chi connectivity index (χ2v) is 6.38. The van der Waals surface area contributed by atoms with Gasteiger partial charge in [-0.05, 0) is 12.1 Å². The van der Waals surface area contributed by atoms with Gasteiger partial charge in [-0.3, -0.25) is 14.5 Å². The fourth-order valence-electron chi connectivity index (χ4n) is 3.26. The molecule has 0 unspecified atom stereocenters. The zero-order valence-electron chi connectivity index (χ0n) is 14.1. The first-order chi connectivity index (χ1) is 11.7. The molecule has 0 saturated carbocycles. The van der Waals surface area contributed by atoms with E-state index in [1.165, 1.54) is 0 Å². The van der Waals surface area contributed by atoms with E-state index in [4.69, 9.17) is 0 Å². The molecule has 24 heavy (non-hydrogen) atoms. The molecule has 6 heteroatoms. The summed E-state index contributed by atoms with van der Waals surface area (Å²) in [5.74, 6) is 0.353. The summed E-state index contributed by atoms with van der Waals surface area (Å²) in [5, 5.41) is 3.26. The standard InChI is InChI=1S/C18H26N4O2/c23-17(21-10-7-19-8-11-21)6-9-20-12-14-22(15-13-20)18(24)16-4-2-1-3-5-16/h1-5,19H,6-15H2. The van der Waals surface area contributed by atoms with Crippen molar-refractivity contribution in [1.82, 2.24) is 20.0 Å². The summed E-state index contributed by atoms with van der Waals surface area (Å²) >= 11 is 0. The molecule has 2 fully saturated rings. The molecule has 0 bridgehead atoms. The van der Waals surface area contributed by atoms with Gasteiger partial charge in [0.1, 0.15) is 0 Å². The van der Waals surface area contributed by atoms with Crippen LogP contribution in [0, 0.1) is 0 Å². The third-order valence-corrected chi connectivity index (χ3v) is 4.79.